The highest BCUT2D eigenvalue weighted by Crippen LogP contribution is 2.22. The zero-order valence-corrected chi connectivity index (χ0v) is 21.4. The second-order valence-electron chi connectivity index (χ2n) is 9.77. The quantitative estimate of drug-likeness (QED) is 0.532. The van der Waals surface area contributed by atoms with Crippen molar-refractivity contribution in [2.45, 2.75) is 63.2 Å². The summed E-state index contributed by atoms with van der Waals surface area (Å²) in [5.41, 5.74) is 7.67. The number of nitrogens with one attached hydrogen (secondary N) is 2. The van der Waals surface area contributed by atoms with Crippen LogP contribution in [0.3, 0.4) is 0 Å². The summed E-state index contributed by atoms with van der Waals surface area (Å²) >= 11 is 0. The van der Waals surface area contributed by atoms with Crippen LogP contribution in [0.15, 0.2) is 54.6 Å². The van der Waals surface area contributed by atoms with Crippen molar-refractivity contribution >= 4 is 23.5 Å². The van der Waals surface area contributed by atoms with E-state index in [-0.39, 0.29) is 30.3 Å². The van der Waals surface area contributed by atoms with Crippen LogP contribution >= 0.6 is 0 Å². The maximum absolute atomic E-state index is 13.6. The molecule has 4 rings (SSSR count). The van der Waals surface area contributed by atoms with Crippen LogP contribution in [0, 0.1) is 0 Å². The Bertz CT molecular complexity index is 1050. The first-order chi connectivity index (χ1) is 17.9. The number of aryl methyl sites for hydroxylation is 1. The lowest BCUT2D eigenvalue weighted by molar-refractivity contribution is -0.149. The highest BCUT2D eigenvalue weighted by Gasteiger charge is 2.41. The van der Waals surface area contributed by atoms with Gasteiger partial charge < -0.3 is 26.0 Å². The molecule has 198 valence electrons. The first kappa shape index (κ1) is 26.5. The van der Waals surface area contributed by atoms with Crippen LogP contribution in [0.25, 0.3) is 0 Å². The molecule has 4 N–H and O–H groups in total. The van der Waals surface area contributed by atoms with Gasteiger partial charge in [-0.2, -0.15) is 0 Å². The third-order valence-electron chi connectivity index (χ3n) is 7.13. The fraction of sp³-hybridized carbons (Fsp3) is 0.464. The number of carbonyl (C=O) groups is 3. The van der Waals surface area contributed by atoms with E-state index in [4.69, 9.17) is 10.5 Å². The average molecular weight is 508 g/mol. The molecule has 1 heterocycles. The highest BCUT2D eigenvalue weighted by atomic mass is 16.5. The zero-order valence-electron chi connectivity index (χ0n) is 21.4. The van der Waals surface area contributed by atoms with Gasteiger partial charge >= 0.3 is 6.03 Å². The van der Waals surface area contributed by atoms with Crippen molar-refractivity contribution in [3.05, 3.63) is 60.2 Å². The monoisotopic (exact) mass is 507 g/mol. The Kier molecular flexibility index (Phi) is 9.00. The third kappa shape index (κ3) is 7.01. The van der Waals surface area contributed by atoms with Crippen molar-refractivity contribution in [1.82, 2.24) is 15.1 Å². The van der Waals surface area contributed by atoms with E-state index >= 15 is 0 Å². The van der Waals surface area contributed by atoms with Gasteiger partial charge in [0.25, 0.3) is 5.91 Å². The molecule has 37 heavy (non-hydrogen) atoms. The number of amides is 4. The largest absolute Gasteiger partial charge is 0.497 e. The molecule has 2 fully saturated rings. The summed E-state index contributed by atoms with van der Waals surface area (Å²) < 4.78 is 5.19. The van der Waals surface area contributed by atoms with Crippen LogP contribution in [0.4, 0.5) is 10.5 Å². The molecule has 9 heteroatoms. The summed E-state index contributed by atoms with van der Waals surface area (Å²) in [6.07, 6.45) is 3.69. The van der Waals surface area contributed by atoms with E-state index < -0.39 is 12.2 Å². The van der Waals surface area contributed by atoms with E-state index in [2.05, 4.69) is 10.6 Å². The maximum Gasteiger partial charge on any atom is 0.323 e. The molecule has 0 radical (unpaired) electrons. The van der Waals surface area contributed by atoms with Gasteiger partial charge in [-0.25, -0.2) is 4.79 Å². The molecule has 2 aromatic carbocycles. The molecule has 0 bridgehead atoms. The van der Waals surface area contributed by atoms with Gasteiger partial charge in [-0.3, -0.25) is 14.5 Å². The molecule has 1 aliphatic carbocycles. The number of nitrogens with two attached hydrogens (primary N) is 1. The summed E-state index contributed by atoms with van der Waals surface area (Å²) in [5, 5.41) is 5.98. The predicted octanol–water partition coefficient (Wildman–Crippen LogP) is 3.11. The second kappa shape index (κ2) is 12.6. The molecular weight excluding hydrogens is 470 g/mol. The van der Waals surface area contributed by atoms with Gasteiger partial charge in [0.2, 0.25) is 5.91 Å². The number of hydrogen-bond donors (Lipinski definition) is 3. The summed E-state index contributed by atoms with van der Waals surface area (Å²) in [6.45, 7) is 0.797. The second-order valence-corrected chi connectivity index (χ2v) is 9.77. The molecule has 0 spiro atoms. The Hall–Kier alpha value is -3.59. The number of benzene rings is 2. The fourth-order valence-corrected chi connectivity index (χ4v) is 5.03. The highest BCUT2D eigenvalue weighted by molar-refractivity contribution is 5.95. The average Bonchev–Trinajstić information content (AvgIpc) is 2.93. The first-order valence-corrected chi connectivity index (χ1v) is 13.1. The van der Waals surface area contributed by atoms with E-state index in [1.807, 2.05) is 30.3 Å². The predicted molar refractivity (Wildman–Crippen MR) is 142 cm³/mol. The van der Waals surface area contributed by atoms with Gasteiger partial charge in [0.05, 0.1) is 7.11 Å². The number of urea groups is 1. The Labute approximate surface area is 218 Å². The number of ether oxygens (including phenoxy) is 1. The van der Waals surface area contributed by atoms with Crippen LogP contribution in [0.1, 0.15) is 44.1 Å². The molecule has 1 atom stereocenters. The fourth-order valence-electron chi connectivity index (χ4n) is 5.03. The van der Waals surface area contributed by atoms with E-state index in [0.717, 1.165) is 31.2 Å². The molecule has 4 amide bonds. The van der Waals surface area contributed by atoms with Gasteiger partial charge in [0.1, 0.15) is 5.75 Å². The van der Waals surface area contributed by atoms with Crippen LogP contribution in [0.2, 0.25) is 0 Å². The molecule has 1 saturated heterocycles. The first-order valence-electron chi connectivity index (χ1n) is 13.1. The maximum atomic E-state index is 13.6. The van der Waals surface area contributed by atoms with Crippen molar-refractivity contribution in [3.63, 3.8) is 0 Å². The van der Waals surface area contributed by atoms with Crippen LogP contribution in [0.5, 0.6) is 5.75 Å². The van der Waals surface area contributed by atoms with Gasteiger partial charge in [0.15, 0.2) is 6.17 Å². The van der Waals surface area contributed by atoms with E-state index in [1.54, 1.807) is 36.3 Å². The molecule has 2 aliphatic rings. The lowest BCUT2D eigenvalue weighted by Crippen LogP contribution is -2.65. The summed E-state index contributed by atoms with van der Waals surface area (Å²) in [4.78, 5) is 43.4. The minimum atomic E-state index is -1.01. The Morgan fingerprint density at radius 3 is 2.30 bits per heavy atom. The number of carbonyl (C=O) groups excluding carboxylic acids is 3. The summed E-state index contributed by atoms with van der Waals surface area (Å²) in [5.74, 6) is 0.213. The normalized spacial score (nSPS) is 21.7. The Morgan fingerprint density at radius 1 is 0.946 bits per heavy atom. The zero-order chi connectivity index (χ0) is 26.2. The molecule has 0 aromatic heterocycles. The SMILES string of the molecule is COc1ccc(NC(=O)N2CCCN(C(=O)CCc3ccccc3)C2C(=O)NC2CCC(N)CC2)cc1. The van der Waals surface area contributed by atoms with E-state index in [0.29, 0.717) is 37.4 Å². The van der Waals surface area contributed by atoms with Crippen molar-refractivity contribution < 1.29 is 19.1 Å². The van der Waals surface area contributed by atoms with Crippen molar-refractivity contribution in [1.29, 1.82) is 0 Å². The minimum Gasteiger partial charge on any atom is -0.497 e. The number of methoxy groups -OCH3 is 1. The molecule has 2 aromatic rings. The van der Waals surface area contributed by atoms with E-state index in [1.165, 1.54) is 4.90 Å². The summed E-state index contributed by atoms with van der Waals surface area (Å²) in [6, 6.07) is 16.5. The van der Waals surface area contributed by atoms with Crippen LogP contribution in [-0.4, -0.2) is 66.1 Å². The van der Waals surface area contributed by atoms with Crippen LogP contribution < -0.4 is 21.1 Å². The van der Waals surface area contributed by atoms with E-state index in [9.17, 15) is 14.4 Å². The minimum absolute atomic E-state index is 0.0120. The van der Waals surface area contributed by atoms with Gasteiger partial charge in [-0.15, -0.1) is 0 Å². The number of rotatable bonds is 7. The van der Waals surface area contributed by atoms with Crippen molar-refractivity contribution in [2.24, 2.45) is 5.73 Å². The Balaban J connectivity index is 1.50. The number of anilines is 1. The molecule has 1 aliphatic heterocycles. The lowest BCUT2D eigenvalue weighted by atomic mass is 9.91. The number of nitrogens with zero attached hydrogens (tertiary/aromatic N) is 2. The van der Waals surface area contributed by atoms with Crippen molar-refractivity contribution in [3.8, 4) is 5.75 Å². The van der Waals surface area contributed by atoms with Crippen LogP contribution in [-0.2, 0) is 16.0 Å². The molecular formula is C28H37N5O4. The molecule has 9 nitrogen and oxygen atoms in total. The van der Waals surface area contributed by atoms with Gasteiger partial charge in [-0.05, 0) is 68.4 Å². The third-order valence-corrected chi connectivity index (χ3v) is 7.13. The standard InChI is InChI=1S/C28H37N5O4/c1-37-24-15-13-23(14-16-24)31-28(36)33-19-5-18-32(25(34)17-8-20-6-3-2-4-7-20)27(33)26(35)30-22-11-9-21(29)10-12-22/h2-4,6-7,13-16,21-22,27H,5,8-12,17-19,29H2,1H3,(H,30,35)(H,31,36). The Morgan fingerprint density at radius 2 is 1.62 bits per heavy atom. The van der Waals surface area contributed by atoms with Gasteiger partial charge in [0, 0.05) is 37.3 Å². The van der Waals surface area contributed by atoms with Gasteiger partial charge in [-0.1, -0.05) is 30.3 Å². The summed E-state index contributed by atoms with van der Waals surface area (Å²) in [7, 11) is 1.58. The van der Waals surface area contributed by atoms with Crippen molar-refractivity contribution in [2.75, 3.05) is 25.5 Å². The molecule has 1 unspecified atom stereocenters. The molecule has 1 saturated carbocycles. The number of hydrogen-bond acceptors (Lipinski definition) is 5. The topological polar surface area (TPSA) is 117 Å². The lowest BCUT2D eigenvalue weighted by Gasteiger charge is -2.43. The smallest absolute Gasteiger partial charge is 0.323 e.